The molecule has 1 aliphatic rings. The maximum absolute atomic E-state index is 13.5. The summed E-state index contributed by atoms with van der Waals surface area (Å²) in [4.78, 5) is 29.2. The normalized spacial score (nSPS) is 13.9. The predicted octanol–water partition coefficient (Wildman–Crippen LogP) is 5.22. The number of hydrogen-bond donors (Lipinski definition) is 1. The molecule has 4 rings (SSSR count). The quantitative estimate of drug-likeness (QED) is 0.619. The Kier molecular flexibility index (Phi) is 5.98. The first-order chi connectivity index (χ1) is 15.0. The second kappa shape index (κ2) is 9.00. The summed E-state index contributed by atoms with van der Waals surface area (Å²) in [5.41, 5.74) is 3.69. The minimum atomic E-state index is -0.314. The first-order valence-corrected chi connectivity index (χ1v) is 10.3. The number of benzene rings is 3. The number of amides is 3. The molecule has 0 radical (unpaired) electrons. The molecule has 0 spiro atoms. The molecule has 1 aliphatic heterocycles. The summed E-state index contributed by atoms with van der Waals surface area (Å²) in [6.07, 6.45) is 0.792. The van der Waals surface area contributed by atoms with Gasteiger partial charge in [-0.25, -0.2) is 9.18 Å². The molecule has 0 aromatic heterocycles. The van der Waals surface area contributed by atoms with Gasteiger partial charge in [0.05, 0.1) is 0 Å². The Bertz CT molecular complexity index is 1120. The lowest BCUT2D eigenvalue weighted by Crippen LogP contribution is -2.49. The Labute approximate surface area is 181 Å². The molecule has 158 valence electrons. The molecule has 1 N–H and O–H groups in total. The van der Waals surface area contributed by atoms with Crippen LogP contribution in [0.15, 0.2) is 72.8 Å². The number of carbonyl (C=O) groups excluding carboxylic acids is 2. The zero-order valence-electron chi connectivity index (χ0n) is 17.3. The fourth-order valence-electron chi connectivity index (χ4n) is 3.76. The van der Waals surface area contributed by atoms with Gasteiger partial charge in [-0.15, -0.1) is 0 Å². The van der Waals surface area contributed by atoms with Gasteiger partial charge in [-0.1, -0.05) is 30.3 Å². The van der Waals surface area contributed by atoms with Crippen LogP contribution in [-0.2, 0) is 6.54 Å². The Hall–Kier alpha value is -3.67. The first-order valence-electron chi connectivity index (χ1n) is 10.3. The van der Waals surface area contributed by atoms with Crippen molar-refractivity contribution in [2.75, 3.05) is 23.3 Å². The summed E-state index contributed by atoms with van der Waals surface area (Å²) < 4.78 is 13.5. The van der Waals surface area contributed by atoms with Crippen LogP contribution in [0.1, 0.15) is 27.9 Å². The summed E-state index contributed by atoms with van der Waals surface area (Å²) in [5, 5.41) is 2.90. The lowest BCUT2D eigenvalue weighted by molar-refractivity contribution is 0.102. The third-order valence-electron chi connectivity index (χ3n) is 5.27. The van der Waals surface area contributed by atoms with Gasteiger partial charge in [-0.3, -0.25) is 9.69 Å². The monoisotopic (exact) mass is 417 g/mol. The van der Waals surface area contributed by atoms with E-state index in [-0.39, 0.29) is 17.8 Å². The highest BCUT2D eigenvalue weighted by atomic mass is 19.1. The molecule has 0 aliphatic carbocycles. The molecule has 3 aromatic rings. The summed E-state index contributed by atoms with van der Waals surface area (Å²) >= 11 is 0. The van der Waals surface area contributed by atoms with Crippen LogP contribution in [0.2, 0.25) is 0 Å². The molecule has 3 aromatic carbocycles. The third-order valence-corrected chi connectivity index (χ3v) is 5.27. The lowest BCUT2D eigenvalue weighted by atomic mass is 10.1. The zero-order valence-corrected chi connectivity index (χ0v) is 17.3. The number of urea groups is 1. The number of rotatable bonds is 5. The van der Waals surface area contributed by atoms with Crippen LogP contribution in [0.5, 0.6) is 0 Å². The predicted molar refractivity (Wildman–Crippen MR) is 120 cm³/mol. The summed E-state index contributed by atoms with van der Waals surface area (Å²) in [7, 11) is 0. The molecular weight excluding hydrogens is 393 g/mol. The molecule has 1 saturated heterocycles. The largest absolute Gasteiger partial charge is 0.324 e. The second-order valence-electron chi connectivity index (χ2n) is 7.71. The molecule has 3 amide bonds. The van der Waals surface area contributed by atoms with E-state index in [0.29, 0.717) is 30.9 Å². The number of carbonyl (C=O) groups is 2. The molecule has 6 heteroatoms. The highest BCUT2D eigenvalue weighted by molar-refractivity contribution is 6.05. The SMILES string of the molecule is Cc1cccc(NC(=O)c2cccc(N3CCCN(Cc4cccc(F)c4)C3=O)c2)c1. The first kappa shape index (κ1) is 20.6. The second-order valence-corrected chi connectivity index (χ2v) is 7.71. The van der Waals surface area contributed by atoms with Crippen molar-refractivity contribution in [2.45, 2.75) is 19.9 Å². The van der Waals surface area contributed by atoms with Crippen molar-refractivity contribution < 1.29 is 14.0 Å². The third kappa shape index (κ3) is 4.91. The van der Waals surface area contributed by atoms with Crippen LogP contribution < -0.4 is 10.2 Å². The summed E-state index contributed by atoms with van der Waals surface area (Å²) in [6, 6.07) is 20.8. The standard InChI is InChI=1S/C25H24FN3O2/c1-18-6-2-10-22(14-18)27-24(30)20-8-4-11-23(16-20)29-13-5-12-28(25(29)31)17-19-7-3-9-21(26)15-19/h2-4,6-11,14-16H,5,12-13,17H2,1H3,(H,27,30). The van der Waals surface area contributed by atoms with Crippen molar-refractivity contribution in [3.63, 3.8) is 0 Å². The van der Waals surface area contributed by atoms with Gasteiger partial charge in [-0.2, -0.15) is 0 Å². The van der Waals surface area contributed by atoms with Gasteiger partial charge in [-0.05, 0) is 66.9 Å². The van der Waals surface area contributed by atoms with Crippen molar-refractivity contribution >= 4 is 23.3 Å². The Balaban J connectivity index is 1.49. The van der Waals surface area contributed by atoms with Crippen molar-refractivity contribution in [1.29, 1.82) is 0 Å². The van der Waals surface area contributed by atoms with Crippen LogP contribution in [0.4, 0.5) is 20.6 Å². The van der Waals surface area contributed by atoms with Gasteiger partial charge >= 0.3 is 6.03 Å². The number of hydrogen-bond acceptors (Lipinski definition) is 2. The van der Waals surface area contributed by atoms with Crippen molar-refractivity contribution in [1.82, 2.24) is 4.90 Å². The zero-order chi connectivity index (χ0) is 21.8. The van der Waals surface area contributed by atoms with Gasteiger partial charge in [0, 0.05) is 36.6 Å². The van der Waals surface area contributed by atoms with Crippen LogP contribution in [-0.4, -0.2) is 29.9 Å². The number of halogens is 1. The molecule has 0 unspecified atom stereocenters. The molecule has 31 heavy (non-hydrogen) atoms. The van der Waals surface area contributed by atoms with Gasteiger partial charge in [0.15, 0.2) is 0 Å². The topological polar surface area (TPSA) is 52.7 Å². The van der Waals surface area contributed by atoms with E-state index >= 15 is 0 Å². The van der Waals surface area contributed by atoms with Crippen LogP contribution in [0.25, 0.3) is 0 Å². The maximum Gasteiger partial charge on any atom is 0.324 e. The Morgan fingerprint density at radius 3 is 2.61 bits per heavy atom. The molecule has 0 bridgehead atoms. The van der Waals surface area contributed by atoms with Crippen molar-refractivity contribution in [3.8, 4) is 0 Å². The minimum Gasteiger partial charge on any atom is -0.322 e. The van der Waals surface area contributed by atoms with E-state index in [9.17, 15) is 14.0 Å². The van der Waals surface area contributed by atoms with Gasteiger partial charge in [0.25, 0.3) is 5.91 Å². The molecule has 0 saturated carbocycles. The molecule has 5 nitrogen and oxygen atoms in total. The number of nitrogens with zero attached hydrogens (tertiary/aromatic N) is 2. The average molecular weight is 417 g/mol. The number of anilines is 2. The molecule has 1 fully saturated rings. The number of nitrogens with one attached hydrogen (secondary N) is 1. The highest BCUT2D eigenvalue weighted by Crippen LogP contribution is 2.23. The smallest absolute Gasteiger partial charge is 0.322 e. The maximum atomic E-state index is 13.5. The van der Waals surface area contributed by atoms with Crippen molar-refractivity contribution in [2.24, 2.45) is 0 Å². The van der Waals surface area contributed by atoms with Gasteiger partial charge < -0.3 is 10.2 Å². The van der Waals surface area contributed by atoms with E-state index in [1.807, 2.05) is 43.3 Å². The van der Waals surface area contributed by atoms with E-state index in [1.165, 1.54) is 12.1 Å². The Morgan fingerprint density at radius 1 is 1.00 bits per heavy atom. The number of aryl methyl sites for hydroxylation is 1. The fraction of sp³-hybridized carbons (Fsp3) is 0.200. The summed E-state index contributed by atoms with van der Waals surface area (Å²) in [6.45, 7) is 3.50. The molecule has 1 heterocycles. The Morgan fingerprint density at radius 2 is 1.81 bits per heavy atom. The molecule has 0 atom stereocenters. The van der Waals surface area contributed by atoms with E-state index < -0.39 is 0 Å². The highest BCUT2D eigenvalue weighted by Gasteiger charge is 2.27. The van der Waals surface area contributed by atoms with Crippen LogP contribution in [0.3, 0.4) is 0 Å². The summed E-state index contributed by atoms with van der Waals surface area (Å²) in [5.74, 6) is -0.542. The van der Waals surface area contributed by atoms with Gasteiger partial charge in [0.1, 0.15) is 5.82 Å². The van der Waals surface area contributed by atoms with Gasteiger partial charge in [0.2, 0.25) is 0 Å². The fourth-order valence-corrected chi connectivity index (χ4v) is 3.76. The minimum absolute atomic E-state index is 0.147. The molecular formula is C25H24FN3O2. The van der Waals surface area contributed by atoms with Crippen molar-refractivity contribution in [3.05, 3.63) is 95.3 Å². The lowest BCUT2D eigenvalue weighted by Gasteiger charge is -2.35. The average Bonchev–Trinajstić information content (AvgIpc) is 2.75. The van der Waals surface area contributed by atoms with Crippen LogP contribution >= 0.6 is 0 Å². The van der Waals surface area contributed by atoms with E-state index in [0.717, 1.165) is 23.2 Å². The van der Waals surface area contributed by atoms with E-state index in [1.54, 1.807) is 34.1 Å². The van der Waals surface area contributed by atoms with E-state index in [2.05, 4.69) is 5.32 Å². The van der Waals surface area contributed by atoms with E-state index in [4.69, 9.17) is 0 Å². The van der Waals surface area contributed by atoms with Crippen LogP contribution in [0, 0.1) is 12.7 Å².